The van der Waals surface area contributed by atoms with Crippen molar-refractivity contribution in [1.82, 2.24) is 15.1 Å². The lowest BCUT2D eigenvalue weighted by molar-refractivity contribution is 0.359. The van der Waals surface area contributed by atoms with Gasteiger partial charge in [0.1, 0.15) is 5.69 Å². The van der Waals surface area contributed by atoms with Crippen molar-refractivity contribution in [2.45, 2.75) is 19.8 Å². The number of rotatable bonds is 4. The molecule has 2 aromatic rings. The molecular formula is C10H10N4OS. The maximum Gasteiger partial charge on any atom is 0.227 e. The Morgan fingerprint density at radius 3 is 3.19 bits per heavy atom. The van der Waals surface area contributed by atoms with Crippen LogP contribution < -0.4 is 0 Å². The number of aromatic nitrogens is 3. The SMILES string of the molecule is CC(CC#N)Cc1nc(-c2cscn2)no1. The second-order valence-electron chi connectivity index (χ2n) is 3.56. The van der Waals surface area contributed by atoms with E-state index in [0.717, 1.165) is 5.69 Å². The van der Waals surface area contributed by atoms with Gasteiger partial charge in [-0.3, -0.25) is 0 Å². The fourth-order valence-corrected chi connectivity index (χ4v) is 1.82. The molecule has 2 heterocycles. The van der Waals surface area contributed by atoms with Crippen molar-refractivity contribution in [3.63, 3.8) is 0 Å². The molecule has 0 fully saturated rings. The predicted octanol–water partition coefficient (Wildman–Crippen LogP) is 2.29. The molecule has 1 unspecified atom stereocenters. The van der Waals surface area contributed by atoms with Crippen LogP contribution in [0.15, 0.2) is 15.4 Å². The molecule has 1 atom stereocenters. The Bertz CT molecular complexity index is 485. The Morgan fingerprint density at radius 2 is 2.50 bits per heavy atom. The fourth-order valence-electron chi connectivity index (χ4n) is 1.29. The lowest BCUT2D eigenvalue weighted by Crippen LogP contribution is -1.98. The minimum absolute atomic E-state index is 0.230. The molecule has 2 aromatic heterocycles. The van der Waals surface area contributed by atoms with Gasteiger partial charge in [-0.1, -0.05) is 12.1 Å². The van der Waals surface area contributed by atoms with Crippen LogP contribution >= 0.6 is 11.3 Å². The molecule has 0 aromatic carbocycles. The highest BCUT2D eigenvalue weighted by atomic mass is 32.1. The molecule has 0 aliphatic carbocycles. The second kappa shape index (κ2) is 4.86. The highest BCUT2D eigenvalue weighted by Gasteiger charge is 2.12. The van der Waals surface area contributed by atoms with Crippen LogP contribution in [0, 0.1) is 17.2 Å². The van der Waals surface area contributed by atoms with Crippen molar-refractivity contribution < 1.29 is 4.52 Å². The van der Waals surface area contributed by atoms with E-state index in [4.69, 9.17) is 9.78 Å². The van der Waals surface area contributed by atoms with Gasteiger partial charge in [0.25, 0.3) is 0 Å². The summed E-state index contributed by atoms with van der Waals surface area (Å²) in [7, 11) is 0. The summed E-state index contributed by atoms with van der Waals surface area (Å²) in [4.78, 5) is 8.33. The van der Waals surface area contributed by atoms with Gasteiger partial charge >= 0.3 is 0 Å². The molecule has 6 heteroatoms. The quantitative estimate of drug-likeness (QED) is 0.811. The Hall–Kier alpha value is -1.74. The first kappa shape index (κ1) is 10.8. The second-order valence-corrected chi connectivity index (χ2v) is 4.28. The van der Waals surface area contributed by atoms with Gasteiger partial charge in [0.05, 0.1) is 11.6 Å². The smallest absolute Gasteiger partial charge is 0.227 e. The molecule has 0 N–H and O–H groups in total. The van der Waals surface area contributed by atoms with Crippen LogP contribution in [0.4, 0.5) is 0 Å². The zero-order chi connectivity index (χ0) is 11.4. The van der Waals surface area contributed by atoms with E-state index in [0.29, 0.717) is 24.6 Å². The number of thiazole rings is 1. The molecule has 0 aliphatic rings. The van der Waals surface area contributed by atoms with Gasteiger partial charge in [0.15, 0.2) is 0 Å². The van der Waals surface area contributed by atoms with Crippen molar-refractivity contribution in [2.24, 2.45) is 5.92 Å². The maximum atomic E-state index is 8.54. The Kier molecular flexibility index (Phi) is 3.27. The van der Waals surface area contributed by atoms with Crippen LogP contribution in [-0.2, 0) is 6.42 Å². The molecule has 0 radical (unpaired) electrons. The van der Waals surface area contributed by atoms with E-state index in [9.17, 15) is 0 Å². The van der Waals surface area contributed by atoms with Crippen LogP contribution in [0.1, 0.15) is 19.2 Å². The minimum Gasteiger partial charge on any atom is -0.339 e. The Balaban J connectivity index is 2.06. The first-order chi connectivity index (χ1) is 7.79. The molecule has 16 heavy (non-hydrogen) atoms. The van der Waals surface area contributed by atoms with E-state index < -0.39 is 0 Å². The van der Waals surface area contributed by atoms with Crippen molar-refractivity contribution in [1.29, 1.82) is 5.26 Å². The van der Waals surface area contributed by atoms with Gasteiger partial charge in [-0.15, -0.1) is 11.3 Å². The van der Waals surface area contributed by atoms with Gasteiger partial charge in [-0.25, -0.2) is 4.98 Å². The summed E-state index contributed by atoms with van der Waals surface area (Å²) in [5, 5.41) is 14.3. The van der Waals surface area contributed by atoms with Crippen LogP contribution in [0.2, 0.25) is 0 Å². The molecule has 0 spiro atoms. The molecule has 0 aliphatic heterocycles. The molecule has 82 valence electrons. The van der Waals surface area contributed by atoms with E-state index in [1.54, 1.807) is 5.51 Å². The van der Waals surface area contributed by atoms with Gasteiger partial charge in [-0.05, 0) is 5.92 Å². The standard InChI is InChI=1S/C10H10N4OS/c1-7(2-3-11)4-9-13-10(14-15-9)8-5-16-6-12-8/h5-7H,2,4H2,1H3. The summed E-state index contributed by atoms with van der Waals surface area (Å²) < 4.78 is 5.10. The first-order valence-corrected chi connectivity index (χ1v) is 5.82. The van der Waals surface area contributed by atoms with E-state index in [2.05, 4.69) is 21.2 Å². The highest BCUT2D eigenvalue weighted by Crippen LogP contribution is 2.17. The predicted molar refractivity (Wildman–Crippen MR) is 58.5 cm³/mol. The summed E-state index contributed by atoms with van der Waals surface area (Å²) in [5.74, 6) is 1.31. The van der Waals surface area contributed by atoms with Gasteiger partial charge in [0.2, 0.25) is 11.7 Å². The summed E-state index contributed by atoms with van der Waals surface area (Å²) in [5.41, 5.74) is 2.46. The van der Waals surface area contributed by atoms with Crippen molar-refractivity contribution in [3.8, 4) is 17.6 Å². The lowest BCUT2D eigenvalue weighted by atomic mass is 10.1. The topological polar surface area (TPSA) is 75.6 Å². The summed E-state index contributed by atoms with van der Waals surface area (Å²) in [6.07, 6.45) is 1.12. The average molecular weight is 234 g/mol. The zero-order valence-corrected chi connectivity index (χ0v) is 9.57. The van der Waals surface area contributed by atoms with Crippen LogP contribution in [-0.4, -0.2) is 15.1 Å². The van der Waals surface area contributed by atoms with Gasteiger partial charge in [0, 0.05) is 18.2 Å². The normalized spacial score (nSPS) is 12.2. The van der Waals surface area contributed by atoms with Crippen molar-refractivity contribution >= 4 is 11.3 Å². The van der Waals surface area contributed by atoms with E-state index >= 15 is 0 Å². The van der Waals surface area contributed by atoms with Gasteiger partial charge < -0.3 is 4.52 Å². The van der Waals surface area contributed by atoms with Crippen molar-refractivity contribution in [2.75, 3.05) is 0 Å². The molecule has 5 nitrogen and oxygen atoms in total. The average Bonchev–Trinajstić information content (AvgIpc) is 2.86. The third-order valence-electron chi connectivity index (χ3n) is 2.09. The lowest BCUT2D eigenvalue weighted by Gasteiger charge is -2.00. The van der Waals surface area contributed by atoms with E-state index in [1.165, 1.54) is 11.3 Å². The molecule has 0 bridgehead atoms. The summed E-state index contributed by atoms with van der Waals surface area (Å²) in [6.45, 7) is 1.98. The number of nitrogens with zero attached hydrogens (tertiary/aromatic N) is 4. The summed E-state index contributed by atoms with van der Waals surface area (Å²) in [6, 6.07) is 2.12. The minimum atomic E-state index is 0.230. The van der Waals surface area contributed by atoms with E-state index in [1.807, 2.05) is 12.3 Å². The third-order valence-corrected chi connectivity index (χ3v) is 2.68. The maximum absolute atomic E-state index is 8.54. The molecule has 0 saturated heterocycles. The monoisotopic (exact) mass is 234 g/mol. The number of hydrogen-bond acceptors (Lipinski definition) is 6. The van der Waals surface area contributed by atoms with E-state index in [-0.39, 0.29) is 5.92 Å². The largest absolute Gasteiger partial charge is 0.339 e. The highest BCUT2D eigenvalue weighted by molar-refractivity contribution is 7.07. The molecular weight excluding hydrogens is 224 g/mol. The Morgan fingerprint density at radius 1 is 1.62 bits per heavy atom. The zero-order valence-electron chi connectivity index (χ0n) is 8.75. The third kappa shape index (κ3) is 2.44. The van der Waals surface area contributed by atoms with Crippen LogP contribution in [0.3, 0.4) is 0 Å². The van der Waals surface area contributed by atoms with Crippen LogP contribution in [0.5, 0.6) is 0 Å². The van der Waals surface area contributed by atoms with Crippen molar-refractivity contribution in [3.05, 3.63) is 16.8 Å². The van der Waals surface area contributed by atoms with Crippen LogP contribution in [0.25, 0.3) is 11.5 Å². The number of hydrogen-bond donors (Lipinski definition) is 0. The fraction of sp³-hybridized carbons (Fsp3) is 0.400. The number of nitriles is 1. The molecule has 0 amide bonds. The summed E-state index contributed by atoms with van der Waals surface area (Å²) >= 11 is 1.49. The molecule has 0 saturated carbocycles. The van der Waals surface area contributed by atoms with Gasteiger partial charge in [-0.2, -0.15) is 10.2 Å². The first-order valence-electron chi connectivity index (χ1n) is 4.87. The Labute approximate surface area is 96.8 Å². The molecule has 2 rings (SSSR count).